The summed E-state index contributed by atoms with van der Waals surface area (Å²) in [6.45, 7) is 4.10. The van der Waals surface area contributed by atoms with E-state index in [9.17, 15) is 9.90 Å². The Bertz CT molecular complexity index is 158. The zero-order chi connectivity index (χ0) is 7.78. The van der Waals surface area contributed by atoms with Crippen molar-refractivity contribution >= 4 is 17.0 Å². The third kappa shape index (κ3) is 1.13. The molecule has 1 unspecified atom stereocenters. The van der Waals surface area contributed by atoms with Crippen LogP contribution in [0.3, 0.4) is 0 Å². The Hall–Kier alpha value is -0.220. The van der Waals surface area contributed by atoms with Crippen molar-refractivity contribution in [1.82, 2.24) is 4.90 Å². The molecule has 10 heavy (non-hydrogen) atoms. The molecule has 0 saturated carbocycles. The van der Waals surface area contributed by atoms with Crippen LogP contribution in [0.5, 0.6) is 0 Å². The number of nitrogens with zero attached hydrogens (tertiary/aromatic N) is 1. The van der Waals surface area contributed by atoms with Gasteiger partial charge in [0.15, 0.2) is 0 Å². The Kier molecular flexibility index (Phi) is 1.92. The molecule has 58 valence electrons. The van der Waals surface area contributed by atoms with Crippen LogP contribution in [0.1, 0.15) is 13.8 Å². The highest BCUT2D eigenvalue weighted by molar-refractivity contribution is 8.13. The standard InChI is InChI=1S/C6H11NO2S/c1-3-7-5(8)10-4-6(7,2)9/h9H,3-4H2,1-2H3. The van der Waals surface area contributed by atoms with Crippen molar-refractivity contribution in [2.75, 3.05) is 12.3 Å². The summed E-state index contributed by atoms with van der Waals surface area (Å²) in [5.74, 6) is 0.486. The van der Waals surface area contributed by atoms with Crippen LogP contribution in [0.25, 0.3) is 0 Å². The zero-order valence-electron chi connectivity index (χ0n) is 6.13. The molecule has 3 nitrogen and oxygen atoms in total. The average molecular weight is 161 g/mol. The van der Waals surface area contributed by atoms with Crippen molar-refractivity contribution in [3.05, 3.63) is 0 Å². The number of hydrogen-bond acceptors (Lipinski definition) is 3. The highest BCUT2D eigenvalue weighted by atomic mass is 32.2. The van der Waals surface area contributed by atoms with Gasteiger partial charge in [-0.3, -0.25) is 4.79 Å². The van der Waals surface area contributed by atoms with Gasteiger partial charge in [-0.15, -0.1) is 0 Å². The first-order valence-electron chi connectivity index (χ1n) is 3.24. The van der Waals surface area contributed by atoms with Crippen molar-refractivity contribution in [3.63, 3.8) is 0 Å². The highest BCUT2D eigenvalue weighted by Gasteiger charge is 2.39. The SMILES string of the molecule is CCN1C(=O)SCC1(C)O. The number of hydrogen-bond donors (Lipinski definition) is 1. The van der Waals surface area contributed by atoms with Crippen molar-refractivity contribution in [3.8, 4) is 0 Å². The fourth-order valence-corrected chi connectivity index (χ4v) is 2.06. The van der Waals surface area contributed by atoms with Crippen LogP contribution in [-0.2, 0) is 0 Å². The maximum atomic E-state index is 10.9. The van der Waals surface area contributed by atoms with E-state index in [0.29, 0.717) is 12.3 Å². The fraction of sp³-hybridized carbons (Fsp3) is 0.833. The molecule has 0 aliphatic carbocycles. The smallest absolute Gasteiger partial charge is 0.284 e. The minimum atomic E-state index is -0.920. The lowest BCUT2D eigenvalue weighted by atomic mass is 10.3. The lowest BCUT2D eigenvalue weighted by Gasteiger charge is -2.27. The molecule has 1 heterocycles. The fourth-order valence-electron chi connectivity index (χ4n) is 1.02. The molecule has 0 aromatic rings. The van der Waals surface area contributed by atoms with E-state index in [1.807, 2.05) is 6.92 Å². The largest absolute Gasteiger partial charge is 0.370 e. The number of rotatable bonds is 1. The van der Waals surface area contributed by atoms with Crippen LogP contribution in [-0.4, -0.2) is 33.3 Å². The molecule has 1 aliphatic rings. The molecule has 0 spiro atoms. The maximum absolute atomic E-state index is 10.9. The van der Waals surface area contributed by atoms with Gasteiger partial charge in [-0.2, -0.15) is 0 Å². The Morgan fingerprint density at radius 1 is 1.90 bits per heavy atom. The lowest BCUT2D eigenvalue weighted by molar-refractivity contribution is -0.0304. The van der Waals surface area contributed by atoms with E-state index in [0.717, 1.165) is 0 Å². The summed E-state index contributed by atoms with van der Waals surface area (Å²) in [5.41, 5.74) is -0.920. The van der Waals surface area contributed by atoms with E-state index in [-0.39, 0.29) is 5.24 Å². The quantitative estimate of drug-likeness (QED) is 0.620. The van der Waals surface area contributed by atoms with Crippen LogP contribution in [0.4, 0.5) is 4.79 Å². The van der Waals surface area contributed by atoms with Crippen molar-refractivity contribution in [1.29, 1.82) is 0 Å². The molecule has 0 bridgehead atoms. The predicted molar refractivity (Wildman–Crippen MR) is 40.9 cm³/mol. The van der Waals surface area contributed by atoms with Crippen LogP contribution in [0, 0.1) is 0 Å². The third-order valence-electron chi connectivity index (χ3n) is 1.59. The zero-order valence-corrected chi connectivity index (χ0v) is 6.94. The minimum absolute atomic E-state index is 0.0208. The van der Waals surface area contributed by atoms with Crippen molar-refractivity contribution < 1.29 is 9.90 Å². The van der Waals surface area contributed by atoms with Gasteiger partial charge < -0.3 is 10.0 Å². The summed E-state index contributed by atoms with van der Waals surface area (Å²) in [6.07, 6.45) is 0. The summed E-state index contributed by atoms with van der Waals surface area (Å²) in [7, 11) is 0. The number of amides is 1. The van der Waals surface area contributed by atoms with E-state index in [1.54, 1.807) is 6.92 Å². The van der Waals surface area contributed by atoms with Gasteiger partial charge in [0, 0.05) is 6.54 Å². The van der Waals surface area contributed by atoms with E-state index >= 15 is 0 Å². The Morgan fingerprint density at radius 2 is 2.50 bits per heavy atom. The van der Waals surface area contributed by atoms with Gasteiger partial charge in [-0.05, 0) is 13.8 Å². The summed E-state index contributed by atoms with van der Waals surface area (Å²) in [5, 5.41) is 9.49. The molecular formula is C6H11NO2S. The van der Waals surface area contributed by atoms with Crippen LogP contribution < -0.4 is 0 Å². The van der Waals surface area contributed by atoms with Crippen LogP contribution in [0.15, 0.2) is 0 Å². The molecule has 4 heteroatoms. The second-order valence-electron chi connectivity index (χ2n) is 2.52. The highest BCUT2D eigenvalue weighted by Crippen LogP contribution is 2.29. The summed E-state index contributed by atoms with van der Waals surface area (Å²) in [6, 6.07) is 0. The summed E-state index contributed by atoms with van der Waals surface area (Å²) >= 11 is 1.17. The molecule has 0 aromatic heterocycles. The number of carbonyl (C=O) groups excluding carboxylic acids is 1. The van der Waals surface area contributed by atoms with Gasteiger partial charge in [0.05, 0.1) is 5.75 Å². The van der Waals surface area contributed by atoms with Crippen molar-refractivity contribution in [2.24, 2.45) is 0 Å². The summed E-state index contributed by atoms with van der Waals surface area (Å²) in [4.78, 5) is 12.4. The maximum Gasteiger partial charge on any atom is 0.284 e. The molecule has 0 radical (unpaired) electrons. The third-order valence-corrected chi connectivity index (χ3v) is 2.75. The van der Waals surface area contributed by atoms with Gasteiger partial charge in [0.1, 0.15) is 5.72 Å². The Balaban J connectivity index is 2.73. The van der Waals surface area contributed by atoms with E-state index < -0.39 is 5.72 Å². The number of aliphatic hydroxyl groups is 1. The number of carbonyl (C=O) groups is 1. The molecule has 1 atom stereocenters. The lowest BCUT2D eigenvalue weighted by Crippen LogP contribution is -2.44. The Labute approximate surface area is 64.4 Å². The topological polar surface area (TPSA) is 40.5 Å². The van der Waals surface area contributed by atoms with Gasteiger partial charge in [-0.1, -0.05) is 11.8 Å². The van der Waals surface area contributed by atoms with Crippen LogP contribution >= 0.6 is 11.8 Å². The molecule has 1 saturated heterocycles. The van der Waals surface area contributed by atoms with Gasteiger partial charge >= 0.3 is 0 Å². The van der Waals surface area contributed by atoms with E-state index in [2.05, 4.69) is 0 Å². The monoisotopic (exact) mass is 161 g/mol. The summed E-state index contributed by atoms with van der Waals surface area (Å²) < 4.78 is 0. The van der Waals surface area contributed by atoms with E-state index in [1.165, 1.54) is 16.7 Å². The number of thioether (sulfide) groups is 1. The molecule has 1 fully saturated rings. The molecule has 1 rings (SSSR count). The van der Waals surface area contributed by atoms with E-state index in [4.69, 9.17) is 0 Å². The molecule has 1 amide bonds. The molecule has 1 N–H and O–H groups in total. The predicted octanol–water partition coefficient (Wildman–Crippen LogP) is 0.884. The second kappa shape index (κ2) is 2.43. The minimum Gasteiger partial charge on any atom is -0.370 e. The first-order valence-corrected chi connectivity index (χ1v) is 4.23. The first kappa shape index (κ1) is 7.88. The van der Waals surface area contributed by atoms with Gasteiger partial charge in [0.25, 0.3) is 5.24 Å². The van der Waals surface area contributed by atoms with Crippen LogP contribution in [0.2, 0.25) is 0 Å². The second-order valence-corrected chi connectivity index (χ2v) is 3.44. The van der Waals surface area contributed by atoms with Gasteiger partial charge in [-0.25, -0.2) is 0 Å². The molecule has 0 aromatic carbocycles. The first-order chi connectivity index (χ1) is 4.58. The van der Waals surface area contributed by atoms with Gasteiger partial charge in [0.2, 0.25) is 0 Å². The average Bonchev–Trinajstić information content (AvgIpc) is 2.07. The molecule has 1 aliphatic heterocycles. The molecular weight excluding hydrogens is 150 g/mol. The van der Waals surface area contributed by atoms with Crippen molar-refractivity contribution in [2.45, 2.75) is 19.6 Å². The normalized spacial score (nSPS) is 33.5. The Morgan fingerprint density at radius 3 is 2.70 bits per heavy atom.